The molecule has 0 spiro atoms. The number of hydrogen-bond donors (Lipinski definition) is 1. The monoisotopic (exact) mass is 270 g/mol. The van der Waals surface area contributed by atoms with E-state index in [0.717, 1.165) is 6.07 Å². The van der Waals surface area contributed by atoms with Crippen molar-refractivity contribution in [3.05, 3.63) is 34.9 Å². The predicted molar refractivity (Wildman–Crippen MR) is 62.7 cm³/mol. The zero-order chi connectivity index (χ0) is 13.8. The Hall–Kier alpha value is -1.56. The van der Waals surface area contributed by atoms with Crippen LogP contribution in [0.4, 0.5) is 13.2 Å². The Balaban J connectivity index is 2.17. The topological polar surface area (TPSA) is 32.3 Å². The summed E-state index contributed by atoms with van der Waals surface area (Å²) < 4.78 is 39.0. The molecule has 6 heteroatoms. The Morgan fingerprint density at radius 2 is 2.05 bits per heavy atom. The van der Waals surface area contributed by atoms with E-state index in [1.165, 1.54) is 6.07 Å². The molecule has 0 aliphatic carbocycles. The summed E-state index contributed by atoms with van der Waals surface area (Å²) in [6.45, 7) is 2.96. The second-order valence-electron chi connectivity index (χ2n) is 5.00. The number of alkyl halides is 3. The molecule has 0 bridgehead atoms. The summed E-state index contributed by atoms with van der Waals surface area (Å²) >= 11 is 0. The van der Waals surface area contributed by atoms with Crippen molar-refractivity contribution < 1.29 is 18.0 Å². The van der Waals surface area contributed by atoms with Crippen LogP contribution < -0.4 is 5.32 Å². The van der Waals surface area contributed by atoms with E-state index >= 15 is 0 Å². The molecule has 1 aromatic rings. The number of fused-ring (bicyclic) bond motifs is 3. The molecule has 3 nitrogen and oxygen atoms in total. The highest BCUT2D eigenvalue weighted by Crippen LogP contribution is 2.42. The molecule has 3 rings (SSSR count). The van der Waals surface area contributed by atoms with Crippen molar-refractivity contribution in [2.45, 2.75) is 25.2 Å². The number of nitrogens with zero attached hydrogens (tertiary/aromatic N) is 1. The Morgan fingerprint density at radius 1 is 1.32 bits per heavy atom. The molecule has 0 radical (unpaired) electrons. The Labute approximate surface area is 108 Å². The number of hydrogen-bond acceptors (Lipinski definition) is 2. The van der Waals surface area contributed by atoms with Crippen LogP contribution in [0.1, 0.15) is 34.5 Å². The van der Waals surface area contributed by atoms with Crippen LogP contribution in [0.5, 0.6) is 0 Å². The van der Waals surface area contributed by atoms with Gasteiger partial charge in [0.15, 0.2) is 0 Å². The van der Waals surface area contributed by atoms with Crippen molar-refractivity contribution in [2.75, 3.05) is 13.1 Å². The van der Waals surface area contributed by atoms with E-state index in [-0.39, 0.29) is 17.6 Å². The first kappa shape index (κ1) is 12.5. The van der Waals surface area contributed by atoms with Gasteiger partial charge in [-0.05, 0) is 18.6 Å². The molecule has 1 N–H and O–H groups in total. The number of amides is 1. The summed E-state index contributed by atoms with van der Waals surface area (Å²) in [6, 6.07) is 3.59. The average Bonchev–Trinajstić information content (AvgIpc) is 2.64. The Bertz CT molecular complexity index is 541. The van der Waals surface area contributed by atoms with E-state index in [9.17, 15) is 18.0 Å². The maximum atomic E-state index is 13.0. The first-order valence-corrected chi connectivity index (χ1v) is 6.14. The highest BCUT2D eigenvalue weighted by atomic mass is 19.4. The van der Waals surface area contributed by atoms with Crippen LogP contribution in [0, 0.1) is 0 Å². The van der Waals surface area contributed by atoms with Crippen LogP contribution in [0.3, 0.4) is 0 Å². The second kappa shape index (κ2) is 3.96. The molecule has 2 aliphatic rings. The molecule has 1 amide bonds. The van der Waals surface area contributed by atoms with Crippen LogP contribution in [0.2, 0.25) is 0 Å². The van der Waals surface area contributed by atoms with Crippen molar-refractivity contribution >= 4 is 5.91 Å². The van der Waals surface area contributed by atoms with Gasteiger partial charge in [-0.1, -0.05) is 12.1 Å². The van der Waals surface area contributed by atoms with Crippen LogP contribution in [0.15, 0.2) is 18.2 Å². The van der Waals surface area contributed by atoms with Gasteiger partial charge in [-0.3, -0.25) is 4.79 Å². The first-order chi connectivity index (χ1) is 8.91. The minimum Gasteiger partial charge on any atom is -0.326 e. The molecule has 1 saturated heterocycles. The Kier molecular flexibility index (Phi) is 2.60. The van der Waals surface area contributed by atoms with Crippen molar-refractivity contribution in [2.24, 2.45) is 0 Å². The molecule has 0 saturated carbocycles. The molecule has 2 atom stereocenters. The predicted octanol–water partition coefficient (Wildman–Crippen LogP) is 2.19. The normalized spacial score (nSPS) is 26.3. The zero-order valence-electron chi connectivity index (χ0n) is 10.3. The van der Waals surface area contributed by atoms with Crippen LogP contribution in [-0.2, 0) is 6.18 Å². The number of benzene rings is 1. The average molecular weight is 270 g/mol. The van der Waals surface area contributed by atoms with Crippen LogP contribution >= 0.6 is 0 Å². The number of carbonyl (C=O) groups is 1. The summed E-state index contributed by atoms with van der Waals surface area (Å²) in [4.78, 5) is 13.9. The van der Waals surface area contributed by atoms with Crippen molar-refractivity contribution in [3.8, 4) is 0 Å². The molecule has 2 heterocycles. The molecular formula is C13H13F3N2O. The van der Waals surface area contributed by atoms with Gasteiger partial charge in [0, 0.05) is 19.1 Å². The molecule has 2 aliphatic heterocycles. The maximum Gasteiger partial charge on any atom is 0.417 e. The molecule has 1 aromatic carbocycles. The third-order valence-electron chi connectivity index (χ3n) is 3.80. The van der Waals surface area contributed by atoms with E-state index in [1.807, 2.05) is 6.92 Å². The van der Waals surface area contributed by atoms with Crippen LogP contribution in [0.25, 0.3) is 0 Å². The van der Waals surface area contributed by atoms with E-state index in [1.54, 1.807) is 11.0 Å². The van der Waals surface area contributed by atoms with E-state index < -0.39 is 17.6 Å². The van der Waals surface area contributed by atoms with Gasteiger partial charge in [0.05, 0.1) is 17.2 Å². The highest BCUT2D eigenvalue weighted by Gasteiger charge is 2.46. The molecule has 1 fully saturated rings. The Morgan fingerprint density at radius 3 is 2.74 bits per heavy atom. The van der Waals surface area contributed by atoms with Gasteiger partial charge in [0.25, 0.3) is 5.91 Å². The van der Waals surface area contributed by atoms with Gasteiger partial charge in [-0.25, -0.2) is 0 Å². The van der Waals surface area contributed by atoms with Gasteiger partial charge in [-0.15, -0.1) is 0 Å². The van der Waals surface area contributed by atoms with E-state index in [2.05, 4.69) is 5.32 Å². The molecule has 19 heavy (non-hydrogen) atoms. The fourth-order valence-corrected chi connectivity index (χ4v) is 2.99. The minimum absolute atomic E-state index is 0.0975. The fraction of sp³-hybridized carbons (Fsp3) is 0.462. The summed E-state index contributed by atoms with van der Waals surface area (Å²) in [5.41, 5.74) is -0.508. The zero-order valence-corrected chi connectivity index (χ0v) is 10.3. The lowest BCUT2D eigenvalue weighted by atomic mass is 9.98. The molecule has 1 unspecified atom stereocenters. The van der Waals surface area contributed by atoms with Gasteiger partial charge in [0.2, 0.25) is 0 Å². The molecular weight excluding hydrogens is 257 g/mol. The van der Waals surface area contributed by atoms with E-state index in [4.69, 9.17) is 0 Å². The fourth-order valence-electron chi connectivity index (χ4n) is 2.99. The largest absolute Gasteiger partial charge is 0.417 e. The SMILES string of the molecule is CC1CNC[C@H]2c3cccc(C(F)(F)F)c3C(=O)N12. The lowest BCUT2D eigenvalue weighted by Crippen LogP contribution is -2.50. The first-order valence-electron chi connectivity index (χ1n) is 6.14. The number of rotatable bonds is 0. The van der Waals surface area contributed by atoms with Crippen molar-refractivity contribution in [3.63, 3.8) is 0 Å². The third-order valence-corrected chi connectivity index (χ3v) is 3.80. The molecule has 102 valence electrons. The summed E-state index contributed by atoms with van der Waals surface area (Å²) in [5.74, 6) is -0.498. The second-order valence-corrected chi connectivity index (χ2v) is 5.00. The minimum atomic E-state index is -4.49. The number of piperazine rings is 1. The summed E-state index contributed by atoms with van der Waals surface area (Å²) in [5, 5.41) is 3.15. The van der Waals surface area contributed by atoms with Gasteiger partial charge < -0.3 is 10.2 Å². The summed E-state index contributed by atoms with van der Waals surface area (Å²) in [7, 11) is 0. The molecule has 0 aromatic heterocycles. The number of carbonyl (C=O) groups excluding carboxylic acids is 1. The smallest absolute Gasteiger partial charge is 0.326 e. The summed E-state index contributed by atoms with van der Waals surface area (Å²) in [6.07, 6.45) is -4.49. The lowest BCUT2D eigenvalue weighted by Gasteiger charge is -2.36. The quantitative estimate of drug-likeness (QED) is 0.783. The van der Waals surface area contributed by atoms with Crippen molar-refractivity contribution in [1.29, 1.82) is 0 Å². The van der Waals surface area contributed by atoms with Gasteiger partial charge in [-0.2, -0.15) is 13.2 Å². The van der Waals surface area contributed by atoms with Gasteiger partial charge >= 0.3 is 6.18 Å². The van der Waals surface area contributed by atoms with Crippen LogP contribution in [-0.4, -0.2) is 29.9 Å². The maximum absolute atomic E-state index is 13.0. The van der Waals surface area contributed by atoms with E-state index in [0.29, 0.717) is 18.7 Å². The lowest BCUT2D eigenvalue weighted by molar-refractivity contribution is -0.137. The number of halogens is 3. The number of nitrogens with one attached hydrogen (secondary N) is 1. The highest BCUT2D eigenvalue weighted by molar-refractivity contribution is 6.01. The van der Waals surface area contributed by atoms with Crippen molar-refractivity contribution in [1.82, 2.24) is 10.2 Å². The van der Waals surface area contributed by atoms with Gasteiger partial charge in [0.1, 0.15) is 0 Å². The third kappa shape index (κ3) is 1.74. The standard InChI is InChI=1S/C13H13F3N2O/c1-7-5-17-6-10-8-3-2-4-9(13(14,15)16)11(8)12(19)18(7)10/h2-4,7,10,17H,5-6H2,1H3/t7?,10-/m0/s1.